The van der Waals surface area contributed by atoms with Gasteiger partial charge in [-0.15, -0.1) is 0 Å². The highest BCUT2D eigenvalue weighted by atomic mass is 15.1. The summed E-state index contributed by atoms with van der Waals surface area (Å²) in [4.78, 5) is 4.50. The fraction of sp³-hybridized carbons (Fsp3) is 0.188. The molecule has 0 bridgehead atoms. The first-order valence-electron chi connectivity index (χ1n) is 6.43. The Kier molecular flexibility index (Phi) is 2.04. The highest BCUT2D eigenvalue weighted by Gasteiger charge is 2.24. The number of imidazole rings is 1. The maximum Gasteiger partial charge on any atom is 0.0964 e. The largest absolute Gasteiger partial charge is 0.323 e. The second kappa shape index (κ2) is 3.70. The van der Waals surface area contributed by atoms with Crippen molar-refractivity contribution in [2.45, 2.75) is 18.9 Å². The zero-order valence-electron chi connectivity index (χ0n) is 10.1. The minimum absolute atomic E-state index is 0.452. The van der Waals surface area contributed by atoms with Crippen molar-refractivity contribution >= 4 is 11.0 Å². The van der Waals surface area contributed by atoms with Gasteiger partial charge < -0.3 is 4.57 Å². The molecule has 1 heterocycles. The van der Waals surface area contributed by atoms with E-state index in [9.17, 15) is 0 Å². The number of hydrogen-bond donors (Lipinski definition) is 0. The molecule has 0 aliphatic heterocycles. The number of aryl methyl sites for hydroxylation is 1. The summed E-state index contributed by atoms with van der Waals surface area (Å²) < 4.78 is 2.32. The van der Waals surface area contributed by atoms with Gasteiger partial charge in [-0.1, -0.05) is 36.4 Å². The van der Waals surface area contributed by atoms with Gasteiger partial charge in [0.15, 0.2) is 0 Å². The lowest BCUT2D eigenvalue weighted by molar-refractivity contribution is 0.595. The summed E-state index contributed by atoms with van der Waals surface area (Å²) in [6, 6.07) is 17.6. The minimum atomic E-state index is 0.452. The summed E-state index contributed by atoms with van der Waals surface area (Å²) in [5, 5.41) is 0. The van der Waals surface area contributed by atoms with Gasteiger partial charge >= 0.3 is 0 Å². The standard InChI is InChI=1S/C16H14N2/c1-2-6-13-12(5-1)9-10-15(13)18-11-17-14-7-3-4-8-16(14)18/h1-8,11,15H,9-10H2. The molecule has 1 unspecified atom stereocenters. The predicted molar refractivity (Wildman–Crippen MR) is 72.6 cm³/mol. The number of benzene rings is 2. The summed E-state index contributed by atoms with van der Waals surface area (Å²) in [7, 11) is 0. The van der Waals surface area contributed by atoms with Crippen LogP contribution in [0.4, 0.5) is 0 Å². The number of rotatable bonds is 1. The lowest BCUT2D eigenvalue weighted by atomic mass is 10.1. The van der Waals surface area contributed by atoms with Crippen LogP contribution in [0.1, 0.15) is 23.6 Å². The Morgan fingerprint density at radius 2 is 1.83 bits per heavy atom. The van der Waals surface area contributed by atoms with Crippen molar-refractivity contribution < 1.29 is 0 Å². The summed E-state index contributed by atoms with van der Waals surface area (Å²) in [6.07, 6.45) is 4.34. The lowest BCUT2D eigenvalue weighted by Gasteiger charge is -2.14. The van der Waals surface area contributed by atoms with Gasteiger partial charge in [-0.2, -0.15) is 0 Å². The Balaban J connectivity index is 1.90. The summed E-state index contributed by atoms with van der Waals surface area (Å²) >= 11 is 0. The number of fused-ring (bicyclic) bond motifs is 2. The first-order chi connectivity index (χ1) is 8.93. The van der Waals surface area contributed by atoms with Crippen LogP contribution in [0.5, 0.6) is 0 Å². The zero-order valence-corrected chi connectivity index (χ0v) is 10.1. The van der Waals surface area contributed by atoms with Crippen LogP contribution in [0.15, 0.2) is 54.9 Å². The molecule has 0 saturated carbocycles. The van der Waals surface area contributed by atoms with Gasteiger partial charge in [-0.05, 0) is 36.1 Å². The third-order valence-electron chi connectivity index (χ3n) is 3.92. The van der Waals surface area contributed by atoms with Gasteiger partial charge in [0.2, 0.25) is 0 Å². The van der Waals surface area contributed by atoms with Crippen molar-refractivity contribution in [3.63, 3.8) is 0 Å². The Bertz CT molecular complexity index is 712. The Morgan fingerprint density at radius 1 is 1.00 bits per heavy atom. The van der Waals surface area contributed by atoms with E-state index >= 15 is 0 Å². The summed E-state index contributed by atoms with van der Waals surface area (Å²) in [6.45, 7) is 0. The fourth-order valence-electron chi connectivity index (χ4n) is 3.05. The van der Waals surface area contributed by atoms with Gasteiger partial charge in [0, 0.05) is 0 Å². The third-order valence-corrected chi connectivity index (χ3v) is 3.92. The van der Waals surface area contributed by atoms with Crippen LogP contribution >= 0.6 is 0 Å². The SMILES string of the molecule is c1ccc2c(c1)CCC2n1cnc2ccccc21. The molecule has 2 aromatic carbocycles. The van der Waals surface area contributed by atoms with Crippen LogP contribution in [0.3, 0.4) is 0 Å². The Labute approximate surface area is 106 Å². The minimum Gasteiger partial charge on any atom is -0.323 e. The predicted octanol–water partition coefficient (Wildman–Crippen LogP) is 3.57. The number of nitrogens with zero attached hydrogens (tertiary/aromatic N) is 2. The lowest BCUT2D eigenvalue weighted by Crippen LogP contribution is -2.05. The van der Waals surface area contributed by atoms with Crippen molar-refractivity contribution in [2.75, 3.05) is 0 Å². The van der Waals surface area contributed by atoms with Crippen LogP contribution in [0.2, 0.25) is 0 Å². The molecule has 3 aromatic rings. The first kappa shape index (κ1) is 9.89. The first-order valence-corrected chi connectivity index (χ1v) is 6.43. The van der Waals surface area contributed by atoms with Gasteiger partial charge in [-0.25, -0.2) is 4.98 Å². The van der Waals surface area contributed by atoms with Crippen LogP contribution in [0, 0.1) is 0 Å². The van der Waals surface area contributed by atoms with Crippen LogP contribution in [-0.2, 0) is 6.42 Å². The topological polar surface area (TPSA) is 17.8 Å². The zero-order chi connectivity index (χ0) is 11.9. The van der Waals surface area contributed by atoms with Crippen molar-refractivity contribution in [1.82, 2.24) is 9.55 Å². The molecule has 0 radical (unpaired) electrons. The van der Waals surface area contributed by atoms with Gasteiger partial charge in [0.05, 0.1) is 23.4 Å². The van der Waals surface area contributed by atoms with Crippen LogP contribution < -0.4 is 0 Å². The molecule has 2 heteroatoms. The number of para-hydroxylation sites is 2. The monoisotopic (exact) mass is 234 g/mol. The molecule has 18 heavy (non-hydrogen) atoms. The molecule has 0 fully saturated rings. The molecule has 2 nitrogen and oxygen atoms in total. The number of hydrogen-bond acceptors (Lipinski definition) is 1. The molecule has 1 aromatic heterocycles. The van der Waals surface area contributed by atoms with Crippen molar-refractivity contribution in [3.05, 3.63) is 66.0 Å². The smallest absolute Gasteiger partial charge is 0.0964 e. The van der Waals surface area contributed by atoms with E-state index < -0.39 is 0 Å². The van der Waals surface area contributed by atoms with E-state index in [1.54, 1.807) is 0 Å². The van der Waals surface area contributed by atoms with Crippen molar-refractivity contribution in [2.24, 2.45) is 0 Å². The molecule has 4 rings (SSSR count). The summed E-state index contributed by atoms with van der Waals surface area (Å²) in [5.41, 5.74) is 5.27. The van der Waals surface area contributed by atoms with Gasteiger partial charge in [0.25, 0.3) is 0 Å². The highest BCUT2D eigenvalue weighted by Crippen LogP contribution is 2.35. The second-order valence-electron chi connectivity index (χ2n) is 4.89. The molecule has 0 N–H and O–H groups in total. The third kappa shape index (κ3) is 1.32. The van der Waals surface area contributed by atoms with E-state index in [0.717, 1.165) is 5.52 Å². The number of aromatic nitrogens is 2. The highest BCUT2D eigenvalue weighted by molar-refractivity contribution is 5.75. The average Bonchev–Trinajstić information content (AvgIpc) is 3.01. The molecular weight excluding hydrogens is 220 g/mol. The van der Waals surface area contributed by atoms with Crippen molar-refractivity contribution in [1.29, 1.82) is 0 Å². The normalized spacial score (nSPS) is 18.1. The van der Waals surface area contributed by atoms with E-state index in [2.05, 4.69) is 52.0 Å². The van der Waals surface area contributed by atoms with Gasteiger partial charge in [0.1, 0.15) is 0 Å². The molecule has 1 atom stereocenters. The van der Waals surface area contributed by atoms with E-state index in [0.29, 0.717) is 6.04 Å². The molecule has 0 saturated heterocycles. The summed E-state index contributed by atoms with van der Waals surface area (Å²) in [5.74, 6) is 0. The molecular formula is C16H14N2. The van der Waals surface area contributed by atoms with E-state index in [1.165, 1.54) is 29.5 Å². The second-order valence-corrected chi connectivity index (χ2v) is 4.89. The fourth-order valence-corrected chi connectivity index (χ4v) is 3.05. The Morgan fingerprint density at radius 3 is 2.83 bits per heavy atom. The van der Waals surface area contributed by atoms with Crippen LogP contribution in [-0.4, -0.2) is 9.55 Å². The van der Waals surface area contributed by atoms with E-state index in [1.807, 2.05) is 12.4 Å². The average molecular weight is 234 g/mol. The maximum absolute atomic E-state index is 4.50. The molecule has 0 spiro atoms. The van der Waals surface area contributed by atoms with E-state index in [-0.39, 0.29) is 0 Å². The maximum atomic E-state index is 4.50. The molecule has 1 aliphatic carbocycles. The van der Waals surface area contributed by atoms with Crippen LogP contribution in [0.25, 0.3) is 11.0 Å². The Hall–Kier alpha value is -2.09. The molecule has 0 amide bonds. The van der Waals surface area contributed by atoms with E-state index in [4.69, 9.17) is 0 Å². The van der Waals surface area contributed by atoms with Crippen molar-refractivity contribution in [3.8, 4) is 0 Å². The quantitative estimate of drug-likeness (QED) is 0.629. The molecule has 88 valence electrons. The van der Waals surface area contributed by atoms with Gasteiger partial charge in [-0.3, -0.25) is 0 Å². The molecule has 1 aliphatic rings.